The van der Waals surface area contributed by atoms with Crippen molar-refractivity contribution in [3.05, 3.63) is 0 Å². The van der Waals surface area contributed by atoms with E-state index in [9.17, 15) is 8.42 Å². The highest BCUT2D eigenvalue weighted by molar-refractivity contribution is 7.90. The largest absolute Gasteiger partial charge is 0.463 e. The van der Waals surface area contributed by atoms with Crippen molar-refractivity contribution in [3.63, 3.8) is 0 Å². The summed E-state index contributed by atoms with van der Waals surface area (Å²) in [4.78, 5) is 3.71. The Bertz CT molecular complexity index is 386. The van der Waals surface area contributed by atoms with E-state index in [1.165, 1.54) is 7.05 Å². The number of aromatic nitrogens is 3. The Labute approximate surface area is 81.3 Å². The molecular weight excluding hydrogens is 210 g/mol. The number of anilines is 1. The Morgan fingerprint density at radius 3 is 2.86 bits per heavy atom. The minimum Gasteiger partial charge on any atom is -0.463 e. The molecule has 0 aromatic carbocycles. The van der Waals surface area contributed by atoms with Crippen LogP contribution in [0, 0.1) is 0 Å². The van der Waals surface area contributed by atoms with E-state index in [4.69, 9.17) is 4.74 Å². The van der Waals surface area contributed by atoms with Crippen molar-refractivity contribution in [2.45, 2.75) is 6.92 Å². The van der Waals surface area contributed by atoms with E-state index in [0.717, 1.165) is 0 Å². The number of H-pyrrole nitrogens is 1. The van der Waals surface area contributed by atoms with Crippen LogP contribution < -0.4 is 14.2 Å². The van der Waals surface area contributed by atoms with E-state index < -0.39 is 10.2 Å². The third kappa shape index (κ3) is 2.85. The van der Waals surface area contributed by atoms with E-state index in [-0.39, 0.29) is 12.0 Å². The molecule has 1 aromatic heterocycles. The summed E-state index contributed by atoms with van der Waals surface area (Å²) < 4.78 is 31.1. The maximum atomic E-state index is 11.0. The van der Waals surface area contributed by atoms with Crippen LogP contribution in [0.15, 0.2) is 0 Å². The molecule has 0 unspecified atom stereocenters. The van der Waals surface area contributed by atoms with Crippen LogP contribution in [0.4, 0.5) is 5.95 Å². The average Bonchev–Trinajstić information content (AvgIpc) is 2.53. The summed E-state index contributed by atoms with van der Waals surface area (Å²) in [6.45, 7) is 2.18. The third-order valence-electron chi connectivity index (χ3n) is 1.24. The number of ether oxygens (including phenoxy) is 1. The summed E-state index contributed by atoms with van der Waals surface area (Å²) in [5.74, 6) is 0.00259. The predicted octanol–water partition coefficient (Wildman–Crippen LogP) is -0.920. The number of aromatic amines is 1. The first-order valence-corrected chi connectivity index (χ1v) is 5.32. The van der Waals surface area contributed by atoms with Crippen molar-refractivity contribution in [2.75, 3.05) is 18.4 Å². The first-order valence-electron chi connectivity index (χ1n) is 3.84. The zero-order chi connectivity index (χ0) is 10.6. The summed E-state index contributed by atoms with van der Waals surface area (Å²) in [5, 5.41) is 5.98. The van der Waals surface area contributed by atoms with Gasteiger partial charge in [-0.15, -0.1) is 5.10 Å². The van der Waals surface area contributed by atoms with Crippen LogP contribution in [0.3, 0.4) is 0 Å². The fourth-order valence-electron chi connectivity index (χ4n) is 0.664. The van der Waals surface area contributed by atoms with Gasteiger partial charge in [0, 0.05) is 7.05 Å². The van der Waals surface area contributed by atoms with E-state index in [1.807, 2.05) is 0 Å². The van der Waals surface area contributed by atoms with Crippen molar-refractivity contribution in [2.24, 2.45) is 0 Å². The summed E-state index contributed by atoms with van der Waals surface area (Å²) in [5.41, 5.74) is 0. The predicted molar refractivity (Wildman–Crippen MR) is 49.2 cm³/mol. The van der Waals surface area contributed by atoms with Crippen molar-refractivity contribution in [1.82, 2.24) is 19.9 Å². The number of nitrogens with one attached hydrogen (secondary N) is 3. The molecule has 0 radical (unpaired) electrons. The molecule has 14 heavy (non-hydrogen) atoms. The van der Waals surface area contributed by atoms with Gasteiger partial charge in [0.15, 0.2) is 0 Å². The minimum atomic E-state index is -3.56. The maximum Gasteiger partial charge on any atom is 0.337 e. The van der Waals surface area contributed by atoms with Gasteiger partial charge in [0.1, 0.15) is 0 Å². The molecule has 0 fully saturated rings. The first kappa shape index (κ1) is 10.7. The molecule has 0 spiro atoms. The summed E-state index contributed by atoms with van der Waals surface area (Å²) >= 11 is 0. The van der Waals surface area contributed by atoms with Crippen LogP contribution in [0.1, 0.15) is 6.92 Å². The van der Waals surface area contributed by atoms with Crippen LogP contribution in [0.2, 0.25) is 0 Å². The lowest BCUT2D eigenvalue weighted by Gasteiger charge is -2.00. The van der Waals surface area contributed by atoms with Gasteiger partial charge in [0.25, 0.3) is 0 Å². The van der Waals surface area contributed by atoms with Crippen LogP contribution in [-0.2, 0) is 10.2 Å². The lowest BCUT2D eigenvalue weighted by molar-refractivity contribution is 0.314. The highest BCUT2D eigenvalue weighted by atomic mass is 32.2. The molecule has 0 atom stereocenters. The van der Waals surface area contributed by atoms with E-state index in [2.05, 4.69) is 24.6 Å². The Morgan fingerprint density at radius 1 is 1.57 bits per heavy atom. The van der Waals surface area contributed by atoms with Crippen molar-refractivity contribution in [3.8, 4) is 6.01 Å². The van der Waals surface area contributed by atoms with E-state index >= 15 is 0 Å². The van der Waals surface area contributed by atoms with Gasteiger partial charge in [0.05, 0.1) is 6.61 Å². The molecule has 0 aliphatic carbocycles. The van der Waals surface area contributed by atoms with Gasteiger partial charge < -0.3 is 4.74 Å². The molecule has 1 rings (SSSR count). The van der Waals surface area contributed by atoms with Crippen molar-refractivity contribution in [1.29, 1.82) is 0 Å². The molecule has 0 bridgehead atoms. The quantitative estimate of drug-likeness (QED) is 0.595. The van der Waals surface area contributed by atoms with Gasteiger partial charge in [-0.25, -0.2) is 14.5 Å². The van der Waals surface area contributed by atoms with E-state index in [1.54, 1.807) is 6.92 Å². The SMILES string of the molecule is CCOc1n[nH]c(NS(=O)(=O)NC)n1. The van der Waals surface area contributed by atoms with Gasteiger partial charge in [-0.3, -0.25) is 0 Å². The zero-order valence-corrected chi connectivity index (χ0v) is 8.55. The second-order valence-corrected chi connectivity index (χ2v) is 3.83. The molecule has 80 valence electrons. The van der Waals surface area contributed by atoms with Gasteiger partial charge in [-0.05, 0) is 6.92 Å². The highest BCUT2D eigenvalue weighted by Gasteiger charge is 2.10. The maximum absolute atomic E-state index is 11.0. The first-order chi connectivity index (χ1) is 6.57. The topological polar surface area (TPSA) is 109 Å². The smallest absolute Gasteiger partial charge is 0.337 e. The lowest BCUT2D eigenvalue weighted by atomic mass is 10.9. The van der Waals surface area contributed by atoms with Gasteiger partial charge >= 0.3 is 16.2 Å². The fourth-order valence-corrected chi connectivity index (χ4v) is 1.11. The Kier molecular flexibility index (Phi) is 3.25. The van der Waals surface area contributed by atoms with Gasteiger partial charge in [0.2, 0.25) is 5.95 Å². The fraction of sp³-hybridized carbons (Fsp3) is 0.600. The summed E-state index contributed by atoms with van der Waals surface area (Å²) in [6.07, 6.45) is 0. The summed E-state index contributed by atoms with van der Waals surface area (Å²) in [7, 11) is -2.28. The number of hydrogen-bond acceptors (Lipinski definition) is 5. The molecule has 8 nitrogen and oxygen atoms in total. The normalized spacial score (nSPS) is 11.3. The minimum absolute atomic E-state index is 0.00259. The molecule has 0 saturated carbocycles. The Balaban J connectivity index is 2.69. The van der Waals surface area contributed by atoms with Gasteiger partial charge in [-0.1, -0.05) is 0 Å². The molecule has 9 heteroatoms. The lowest BCUT2D eigenvalue weighted by Crippen LogP contribution is -2.26. The van der Waals surface area contributed by atoms with Crippen LogP contribution in [0.25, 0.3) is 0 Å². The molecule has 1 heterocycles. The van der Waals surface area contributed by atoms with Crippen LogP contribution in [0.5, 0.6) is 6.01 Å². The van der Waals surface area contributed by atoms with Crippen molar-refractivity contribution < 1.29 is 13.2 Å². The molecule has 0 amide bonds. The summed E-state index contributed by atoms with van der Waals surface area (Å²) in [6, 6.07) is 0.0984. The third-order valence-corrected chi connectivity index (χ3v) is 2.24. The Morgan fingerprint density at radius 2 is 2.29 bits per heavy atom. The molecule has 1 aromatic rings. The standard InChI is InChI=1S/C5H11N5O3S/c1-3-13-5-7-4(8-9-5)10-14(11,12)6-2/h6H,3H2,1-2H3,(H2,7,8,9,10). The number of rotatable bonds is 5. The highest BCUT2D eigenvalue weighted by Crippen LogP contribution is 2.05. The Hall–Kier alpha value is -1.35. The van der Waals surface area contributed by atoms with Crippen LogP contribution in [-0.4, -0.2) is 37.3 Å². The van der Waals surface area contributed by atoms with E-state index in [0.29, 0.717) is 6.61 Å². The molecule has 0 aliphatic heterocycles. The monoisotopic (exact) mass is 221 g/mol. The molecule has 0 aliphatic rings. The second kappa shape index (κ2) is 4.24. The molecular formula is C5H11N5O3S. The molecule has 0 saturated heterocycles. The zero-order valence-electron chi connectivity index (χ0n) is 7.73. The second-order valence-electron chi connectivity index (χ2n) is 2.21. The average molecular weight is 221 g/mol. The molecule has 3 N–H and O–H groups in total. The van der Waals surface area contributed by atoms with Crippen molar-refractivity contribution >= 4 is 16.2 Å². The van der Waals surface area contributed by atoms with Crippen LogP contribution >= 0.6 is 0 Å². The number of nitrogens with zero attached hydrogens (tertiary/aromatic N) is 2. The number of hydrogen-bond donors (Lipinski definition) is 3. The van der Waals surface area contributed by atoms with Gasteiger partial charge in [-0.2, -0.15) is 13.4 Å².